The first-order chi connectivity index (χ1) is 11.3. The molecule has 0 saturated heterocycles. The van der Waals surface area contributed by atoms with Gasteiger partial charge in [-0.2, -0.15) is 0 Å². The maximum Gasteiger partial charge on any atom is 0.154 e. The standard InChI is InChI=1S/C17H15N5O/c18-13-5-3-12(4-6-13)15-11-20-17-8-7-16(21-22(15)17)19-10-14-2-1-9-23-14/h1-9,11H,10,18H2,(H,19,21). The molecule has 0 saturated carbocycles. The fourth-order valence-electron chi connectivity index (χ4n) is 2.41. The summed E-state index contributed by atoms with van der Waals surface area (Å²) in [6.07, 6.45) is 3.47. The summed E-state index contributed by atoms with van der Waals surface area (Å²) in [5, 5.41) is 7.85. The van der Waals surface area contributed by atoms with Gasteiger partial charge in [-0.3, -0.25) is 0 Å². The zero-order valence-corrected chi connectivity index (χ0v) is 12.3. The van der Waals surface area contributed by atoms with Crippen molar-refractivity contribution in [2.24, 2.45) is 0 Å². The van der Waals surface area contributed by atoms with Crippen molar-refractivity contribution in [3.05, 3.63) is 66.8 Å². The number of nitrogens with zero attached hydrogens (tertiary/aromatic N) is 3. The van der Waals surface area contributed by atoms with Crippen molar-refractivity contribution in [3.63, 3.8) is 0 Å². The van der Waals surface area contributed by atoms with Crippen LogP contribution < -0.4 is 11.1 Å². The summed E-state index contributed by atoms with van der Waals surface area (Å²) >= 11 is 0. The first-order valence-electron chi connectivity index (χ1n) is 7.26. The normalized spacial score (nSPS) is 11.0. The highest BCUT2D eigenvalue weighted by molar-refractivity contribution is 5.65. The molecule has 3 heterocycles. The van der Waals surface area contributed by atoms with Crippen molar-refractivity contribution < 1.29 is 4.42 Å². The molecule has 1 aromatic carbocycles. The van der Waals surface area contributed by atoms with Crippen molar-refractivity contribution in [3.8, 4) is 11.3 Å². The maximum absolute atomic E-state index is 5.75. The number of nitrogen functional groups attached to an aromatic ring is 1. The van der Waals surface area contributed by atoms with Crippen molar-refractivity contribution in [1.82, 2.24) is 14.6 Å². The Morgan fingerprint density at radius 1 is 1.09 bits per heavy atom. The van der Waals surface area contributed by atoms with Crippen molar-refractivity contribution in [1.29, 1.82) is 0 Å². The van der Waals surface area contributed by atoms with Crippen LogP contribution in [0.3, 0.4) is 0 Å². The Bertz CT molecular complexity index is 925. The van der Waals surface area contributed by atoms with Crippen LogP contribution >= 0.6 is 0 Å². The quantitative estimate of drug-likeness (QED) is 0.566. The van der Waals surface area contributed by atoms with E-state index in [2.05, 4.69) is 15.4 Å². The zero-order chi connectivity index (χ0) is 15.6. The van der Waals surface area contributed by atoms with E-state index in [0.717, 1.165) is 34.2 Å². The minimum atomic E-state index is 0.581. The summed E-state index contributed by atoms with van der Waals surface area (Å²) in [5.74, 6) is 1.61. The molecule has 0 atom stereocenters. The number of fused-ring (bicyclic) bond motifs is 1. The second kappa shape index (κ2) is 5.49. The average molecular weight is 305 g/mol. The molecule has 6 nitrogen and oxygen atoms in total. The zero-order valence-electron chi connectivity index (χ0n) is 12.3. The number of hydrogen-bond donors (Lipinski definition) is 2. The van der Waals surface area contributed by atoms with Gasteiger partial charge in [-0.25, -0.2) is 9.50 Å². The number of anilines is 2. The van der Waals surface area contributed by atoms with Crippen LogP contribution in [0.2, 0.25) is 0 Å². The molecule has 0 amide bonds. The molecule has 0 aliphatic heterocycles. The molecule has 0 aliphatic rings. The number of benzene rings is 1. The van der Waals surface area contributed by atoms with Crippen LogP contribution in [-0.2, 0) is 6.54 Å². The van der Waals surface area contributed by atoms with Gasteiger partial charge in [0.25, 0.3) is 0 Å². The van der Waals surface area contributed by atoms with Crippen LogP contribution in [0.25, 0.3) is 16.9 Å². The first kappa shape index (κ1) is 13.4. The molecule has 6 heteroatoms. The highest BCUT2D eigenvalue weighted by Crippen LogP contribution is 2.22. The number of rotatable bonds is 4. The predicted octanol–water partition coefficient (Wildman–Crippen LogP) is 3.18. The molecule has 0 radical (unpaired) electrons. The summed E-state index contributed by atoms with van der Waals surface area (Å²) in [5.41, 5.74) is 9.20. The fourth-order valence-corrected chi connectivity index (χ4v) is 2.41. The molecule has 114 valence electrons. The smallest absolute Gasteiger partial charge is 0.154 e. The van der Waals surface area contributed by atoms with E-state index in [1.165, 1.54) is 0 Å². The number of aromatic nitrogens is 3. The van der Waals surface area contributed by atoms with Crippen LogP contribution in [0.15, 0.2) is 65.4 Å². The van der Waals surface area contributed by atoms with E-state index in [1.54, 1.807) is 6.26 Å². The third-order valence-corrected chi connectivity index (χ3v) is 3.59. The Morgan fingerprint density at radius 3 is 2.74 bits per heavy atom. The van der Waals surface area contributed by atoms with Gasteiger partial charge in [-0.05, 0) is 36.4 Å². The Kier molecular flexibility index (Phi) is 3.20. The van der Waals surface area contributed by atoms with Crippen LogP contribution in [-0.4, -0.2) is 14.6 Å². The van der Waals surface area contributed by atoms with E-state index in [-0.39, 0.29) is 0 Å². The SMILES string of the molecule is Nc1ccc(-c2cnc3ccc(NCc4ccco4)nn23)cc1. The van der Waals surface area contributed by atoms with Gasteiger partial charge in [0.1, 0.15) is 11.6 Å². The van der Waals surface area contributed by atoms with E-state index in [1.807, 2.05) is 59.2 Å². The Morgan fingerprint density at radius 2 is 1.96 bits per heavy atom. The molecular formula is C17H15N5O. The largest absolute Gasteiger partial charge is 0.467 e. The summed E-state index contributed by atoms with van der Waals surface area (Å²) < 4.78 is 7.13. The average Bonchev–Trinajstić information content (AvgIpc) is 3.23. The first-order valence-corrected chi connectivity index (χ1v) is 7.26. The lowest BCUT2D eigenvalue weighted by Gasteiger charge is -2.06. The van der Waals surface area contributed by atoms with Gasteiger partial charge >= 0.3 is 0 Å². The van der Waals surface area contributed by atoms with Crippen LogP contribution in [0.4, 0.5) is 11.5 Å². The molecule has 0 bridgehead atoms. The fraction of sp³-hybridized carbons (Fsp3) is 0.0588. The number of furan rings is 1. The highest BCUT2D eigenvalue weighted by Gasteiger charge is 2.08. The molecular weight excluding hydrogens is 290 g/mol. The summed E-state index contributed by atoms with van der Waals surface area (Å²) in [6, 6.07) is 15.3. The number of hydrogen-bond acceptors (Lipinski definition) is 5. The van der Waals surface area contributed by atoms with Gasteiger partial charge in [0.05, 0.1) is 24.7 Å². The van der Waals surface area contributed by atoms with Crippen LogP contribution in [0.1, 0.15) is 5.76 Å². The van der Waals surface area contributed by atoms with Gasteiger partial charge in [-0.1, -0.05) is 12.1 Å². The van der Waals surface area contributed by atoms with Gasteiger partial charge in [0, 0.05) is 11.3 Å². The summed E-state index contributed by atoms with van der Waals surface area (Å²) in [6.45, 7) is 0.581. The van der Waals surface area contributed by atoms with Crippen molar-refractivity contribution >= 4 is 17.2 Å². The molecule has 3 N–H and O–H groups in total. The minimum absolute atomic E-state index is 0.581. The maximum atomic E-state index is 5.75. The van der Waals surface area contributed by atoms with Gasteiger partial charge in [0.15, 0.2) is 5.65 Å². The Hall–Kier alpha value is -3.28. The summed E-state index contributed by atoms with van der Waals surface area (Å²) in [7, 11) is 0. The number of nitrogens with one attached hydrogen (secondary N) is 1. The molecule has 0 spiro atoms. The highest BCUT2D eigenvalue weighted by atomic mass is 16.3. The van der Waals surface area contributed by atoms with E-state index >= 15 is 0 Å². The third-order valence-electron chi connectivity index (χ3n) is 3.59. The molecule has 0 aliphatic carbocycles. The van der Waals surface area contributed by atoms with Gasteiger partial charge in [-0.15, -0.1) is 5.10 Å². The lowest BCUT2D eigenvalue weighted by Crippen LogP contribution is -2.04. The van der Waals surface area contributed by atoms with Crippen molar-refractivity contribution in [2.75, 3.05) is 11.1 Å². The number of nitrogens with two attached hydrogens (primary N) is 1. The topological polar surface area (TPSA) is 81.4 Å². The molecule has 0 fully saturated rings. The molecule has 4 rings (SSSR count). The van der Waals surface area contributed by atoms with E-state index in [0.29, 0.717) is 6.54 Å². The molecule has 3 aromatic heterocycles. The van der Waals surface area contributed by atoms with E-state index in [9.17, 15) is 0 Å². The Balaban J connectivity index is 1.67. The molecule has 4 aromatic rings. The van der Waals surface area contributed by atoms with E-state index in [4.69, 9.17) is 10.2 Å². The second-order valence-corrected chi connectivity index (χ2v) is 5.19. The monoisotopic (exact) mass is 305 g/mol. The minimum Gasteiger partial charge on any atom is -0.467 e. The molecule has 0 unspecified atom stereocenters. The second-order valence-electron chi connectivity index (χ2n) is 5.19. The van der Waals surface area contributed by atoms with Gasteiger partial charge in [0.2, 0.25) is 0 Å². The van der Waals surface area contributed by atoms with Gasteiger partial charge < -0.3 is 15.5 Å². The van der Waals surface area contributed by atoms with E-state index < -0.39 is 0 Å². The molecule has 23 heavy (non-hydrogen) atoms. The lowest BCUT2D eigenvalue weighted by atomic mass is 10.1. The van der Waals surface area contributed by atoms with Crippen molar-refractivity contribution in [2.45, 2.75) is 6.54 Å². The lowest BCUT2D eigenvalue weighted by molar-refractivity contribution is 0.517. The summed E-state index contributed by atoms with van der Waals surface area (Å²) in [4.78, 5) is 4.39. The van der Waals surface area contributed by atoms with Crippen LogP contribution in [0, 0.1) is 0 Å². The predicted molar refractivity (Wildman–Crippen MR) is 88.9 cm³/mol. The van der Waals surface area contributed by atoms with Crippen LogP contribution in [0.5, 0.6) is 0 Å². The number of imidazole rings is 1. The Labute approximate surface area is 132 Å². The third kappa shape index (κ3) is 2.62.